The van der Waals surface area contributed by atoms with E-state index >= 15 is 0 Å². The van der Waals surface area contributed by atoms with Crippen molar-refractivity contribution in [3.05, 3.63) is 71.8 Å². The first kappa shape index (κ1) is 18.4. The molecule has 5 rings (SSSR count). The Labute approximate surface area is 171 Å². The lowest BCUT2D eigenvalue weighted by molar-refractivity contribution is -0.172. The van der Waals surface area contributed by atoms with Crippen LogP contribution in [0.5, 0.6) is 0 Å². The number of carbonyl (C=O) groups excluding carboxylic acids is 1. The molecule has 2 aliphatic rings. The summed E-state index contributed by atoms with van der Waals surface area (Å²) in [5.74, 6) is -0.107. The Hall–Kier alpha value is -2.65. The fraction of sp³-hybridized carbons (Fsp3) is 0.346. The van der Waals surface area contributed by atoms with Gasteiger partial charge < -0.3 is 9.47 Å². The predicted octanol–water partition coefficient (Wildman–Crippen LogP) is 5.69. The molecule has 1 aliphatic heterocycles. The Bertz CT molecular complexity index is 1100. The van der Waals surface area contributed by atoms with Crippen molar-refractivity contribution in [1.82, 2.24) is 0 Å². The predicted molar refractivity (Wildman–Crippen MR) is 115 cm³/mol. The molecule has 0 N–H and O–H groups in total. The lowest BCUT2D eigenvalue weighted by atomic mass is 9.67. The highest BCUT2D eigenvalue weighted by atomic mass is 16.6. The number of ether oxygens (including phenoxy) is 2. The van der Waals surface area contributed by atoms with Gasteiger partial charge in [0.2, 0.25) is 0 Å². The van der Waals surface area contributed by atoms with Crippen LogP contribution in [0.1, 0.15) is 38.3 Å². The maximum Gasteiger partial charge on any atom is 0.312 e. The second-order valence-corrected chi connectivity index (χ2v) is 9.19. The van der Waals surface area contributed by atoms with Crippen molar-refractivity contribution in [3.8, 4) is 11.1 Å². The molecule has 2 unspecified atom stereocenters. The molecule has 0 saturated carbocycles. The van der Waals surface area contributed by atoms with Crippen LogP contribution in [-0.2, 0) is 19.9 Å². The molecule has 1 heterocycles. The van der Waals surface area contributed by atoms with E-state index in [0.29, 0.717) is 13.2 Å². The first-order valence-electron chi connectivity index (χ1n) is 10.4. The minimum Gasteiger partial charge on any atom is -0.448 e. The first-order chi connectivity index (χ1) is 13.9. The quantitative estimate of drug-likeness (QED) is 0.531. The number of rotatable bonds is 2. The Balaban J connectivity index is 1.88. The minimum absolute atomic E-state index is 0.0777. The molecule has 2 atom stereocenters. The van der Waals surface area contributed by atoms with Crippen LogP contribution in [-0.4, -0.2) is 19.2 Å². The van der Waals surface area contributed by atoms with Gasteiger partial charge in [-0.1, -0.05) is 60.7 Å². The van der Waals surface area contributed by atoms with Crippen molar-refractivity contribution in [1.29, 1.82) is 0 Å². The third-order valence-electron chi connectivity index (χ3n) is 6.29. The van der Waals surface area contributed by atoms with E-state index in [1.807, 2.05) is 26.8 Å². The third-order valence-corrected chi connectivity index (χ3v) is 6.29. The molecule has 29 heavy (non-hydrogen) atoms. The van der Waals surface area contributed by atoms with Gasteiger partial charge in [-0.25, -0.2) is 0 Å². The molecule has 3 aromatic rings. The second kappa shape index (κ2) is 6.43. The van der Waals surface area contributed by atoms with Crippen LogP contribution in [0.15, 0.2) is 60.7 Å². The maximum atomic E-state index is 13.3. The van der Waals surface area contributed by atoms with Crippen molar-refractivity contribution in [2.24, 2.45) is 11.3 Å². The molecule has 3 aromatic carbocycles. The summed E-state index contributed by atoms with van der Waals surface area (Å²) in [6, 6.07) is 21.1. The van der Waals surface area contributed by atoms with Crippen LogP contribution >= 0.6 is 0 Å². The number of esters is 1. The molecule has 1 aliphatic carbocycles. The molecular weight excluding hydrogens is 360 g/mol. The number of hydrogen-bond acceptors (Lipinski definition) is 3. The zero-order valence-electron chi connectivity index (χ0n) is 17.2. The van der Waals surface area contributed by atoms with E-state index in [0.717, 1.165) is 23.1 Å². The largest absolute Gasteiger partial charge is 0.448 e. The number of hydrogen-bond donors (Lipinski definition) is 0. The smallest absolute Gasteiger partial charge is 0.312 e. The fourth-order valence-electron chi connectivity index (χ4n) is 4.85. The topological polar surface area (TPSA) is 35.5 Å². The van der Waals surface area contributed by atoms with Gasteiger partial charge in [-0.3, -0.25) is 4.79 Å². The van der Waals surface area contributed by atoms with Crippen molar-refractivity contribution in [2.45, 2.75) is 32.8 Å². The van der Waals surface area contributed by atoms with E-state index in [2.05, 4.69) is 54.6 Å². The van der Waals surface area contributed by atoms with Gasteiger partial charge in [0.15, 0.2) is 5.60 Å². The molecule has 0 spiro atoms. The molecule has 0 radical (unpaired) electrons. The van der Waals surface area contributed by atoms with Gasteiger partial charge in [-0.05, 0) is 49.1 Å². The third kappa shape index (κ3) is 2.64. The number of fused-ring (bicyclic) bond motifs is 2. The number of carbonyl (C=O) groups is 1. The fourth-order valence-corrected chi connectivity index (χ4v) is 4.85. The first-order valence-corrected chi connectivity index (χ1v) is 10.4. The summed E-state index contributed by atoms with van der Waals surface area (Å²) in [4.78, 5) is 13.3. The van der Waals surface area contributed by atoms with Crippen molar-refractivity contribution < 1.29 is 14.3 Å². The maximum absolute atomic E-state index is 13.3. The van der Waals surface area contributed by atoms with Crippen LogP contribution in [0.4, 0.5) is 0 Å². The van der Waals surface area contributed by atoms with Crippen molar-refractivity contribution in [3.63, 3.8) is 0 Å². The summed E-state index contributed by atoms with van der Waals surface area (Å²) >= 11 is 0. The average molecular weight is 386 g/mol. The van der Waals surface area contributed by atoms with Gasteiger partial charge in [-0.2, -0.15) is 0 Å². The van der Waals surface area contributed by atoms with Crippen molar-refractivity contribution >= 4 is 16.7 Å². The van der Waals surface area contributed by atoms with Gasteiger partial charge in [0.25, 0.3) is 0 Å². The zero-order valence-corrected chi connectivity index (χ0v) is 17.2. The monoisotopic (exact) mass is 386 g/mol. The highest BCUT2D eigenvalue weighted by Crippen LogP contribution is 2.54. The highest BCUT2D eigenvalue weighted by molar-refractivity contribution is 6.03. The van der Waals surface area contributed by atoms with E-state index < -0.39 is 11.0 Å². The Kier molecular flexibility index (Phi) is 4.08. The summed E-state index contributed by atoms with van der Waals surface area (Å²) in [7, 11) is 0. The lowest BCUT2D eigenvalue weighted by Crippen LogP contribution is -2.45. The van der Waals surface area contributed by atoms with Crippen molar-refractivity contribution in [2.75, 3.05) is 13.2 Å². The standard InChI is InChI=1S/C26H26O3/c1-25(2,3)24(27)29-26(18-14-15-28-16-18)21-12-5-4-10-19(21)20-11-6-8-17-9-7-13-22(26)23(17)20/h4-13,18H,14-16H2,1-3H3. The zero-order chi connectivity index (χ0) is 20.2. The van der Waals surface area contributed by atoms with Gasteiger partial charge in [0, 0.05) is 23.7 Å². The molecule has 148 valence electrons. The van der Waals surface area contributed by atoms with Crippen LogP contribution in [0.2, 0.25) is 0 Å². The van der Waals surface area contributed by atoms with E-state index in [4.69, 9.17) is 9.47 Å². The summed E-state index contributed by atoms with van der Waals surface area (Å²) in [6.45, 7) is 7.02. The minimum atomic E-state index is -0.842. The van der Waals surface area contributed by atoms with Crippen LogP contribution in [0, 0.1) is 11.3 Å². The van der Waals surface area contributed by atoms with E-state index in [1.54, 1.807) is 0 Å². The summed E-state index contributed by atoms with van der Waals surface area (Å²) < 4.78 is 12.4. The normalized spacial score (nSPS) is 23.1. The second-order valence-electron chi connectivity index (χ2n) is 9.19. The Morgan fingerprint density at radius 2 is 1.66 bits per heavy atom. The van der Waals surface area contributed by atoms with E-state index in [-0.39, 0.29) is 11.9 Å². The molecule has 3 heteroatoms. The molecule has 3 nitrogen and oxygen atoms in total. The Morgan fingerprint density at radius 3 is 2.38 bits per heavy atom. The molecule has 0 amide bonds. The van der Waals surface area contributed by atoms with Gasteiger partial charge in [-0.15, -0.1) is 0 Å². The highest BCUT2D eigenvalue weighted by Gasteiger charge is 2.52. The summed E-state index contributed by atoms with van der Waals surface area (Å²) in [5, 5.41) is 2.35. The van der Waals surface area contributed by atoms with Crippen LogP contribution in [0.25, 0.3) is 21.9 Å². The molecule has 1 saturated heterocycles. The molecule has 1 fully saturated rings. The molecular formula is C26H26O3. The summed E-state index contributed by atoms with van der Waals surface area (Å²) in [5.41, 5.74) is 3.06. The lowest BCUT2D eigenvalue weighted by Gasteiger charge is -2.44. The van der Waals surface area contributed by atoms with E-state index in [1.165, 1.54) is 16.3 Å². The van der Waals surface area contributed by atoms with Crippen LogP contribution in [0.3, 0.4) is 0 Å². The van der Waals surface area contributed by atoms with Crippen LogP contribution < -0.4 is 0 Å². The van der Waals surface area contributed by atoms with Gasteiger partial charge in [0.05, 0.1) is 12.0 Å². The SMILES string of the molecule is CC(C)(C)C(=O)OC1(C2CCOC2)c2ccccc2-c2cccc3cccc1c23. The Morgan fingerprint density at radius 1 is 0.966 bits per heavy atom. The van der Waals surface area contributed by atoms with Gasteiger partial charge >= 0.3 is 5.97 Å². The summed E-state index contributed by atoms with van der Waals surface area (Å²) in [6.07, 6.45) is 0.865. The van der Waals surface area contributed by atoms with E-state index in [9.17, 15) is 4.79 Å². The number of benzene rings is 3. The molecule has 0 aromatic heterocycles. The molecule has 0 bridgehead atoms. The van der Waals surface area contributed by atoms with Gasteiger partial charge in [0.1, 0.15) is 0 Å². The average Bonchev–Trinajstić information content (AvgIpc) is 3.25.